The summed E-state index contributed by atoms with van der Waals surface area (Å²) in [6.45, 7) is 10.7. The van der Waals surface area contributed by atoms with Crippen molar-refractivity contribution in [3.05, 3.63) is 0 Å². The lowest BCUT2D eigenvalue weighted by molar-refractivity contribution is 0.531. The zero-order valence-corrected chi connectivity index (χ0v) is 10.5. The van der Waals surface area contributed by atoms with Gasteiger partial charge in [0, 0.05) is 0 Å². The molecule has 0 N–H and O–H groups in total. The van der Waals surface area contributed by atoms with Crippen molar-refractivity contribution in [2.45, 2.75) is 79.6 Å². The minimum Gasteiger partial charge on any atom is -0.0683 e. The van der Waals surface area contributed by atoms with Gasteiger partial charge in [-0.25, -0.2) is 0 Å². The average molecular weight is 186 g/mol. The van der Waals surface area contributed by atoms with E-state index in [9.17, 15) is 0 Å². The van der Waals surface area contributed by atoms with Crippen LogP contribution in [0.2, 0.25) is 0 Å². The summed E-state index contributed by atoms with van der Waals surface area (Å²) in [5.74, 6) is 1.10. The van der Waals surface area contributed by atoms with Crippen molar-refractivity contribution in [2.75, 3.05) is 0 Å². The van der Waals surface area contributed by atoms with Crippen LogP contribution in [0.25, 0.3) is 0 Å². The summed E-state index contributed by atoms with van der Waals surface area (Å²) in [7, 11) is 0. The molecular formula is C13H30. The molecule has 0 aromatic carbocycles. The molecule has 0 radical (unpaired) electrons. The van der Waals surface area contributed by atoms with Gasteiger partial charge in [-0.05, 0) is 5.92 Å². The van der Waals surface area contributed by atoms with Crippen LogP contribution in [0.4, 0.5) is 0 Å². The third-order valence-electron chi connectivity index (χ3n) is 2.55. The molecule has 0 heterocycles. The molecule has 13 heavy (non-hydrogen) atoms. The molecule has 1 fully saturated rings. The zero-order chi connectivity index (χ0) is 10.5. The standard InChI is InChI=1S/C7H14.C4H10.C2H6/c1-2-7-5-3-4-6-7;1-3-4-2;1-2/h7H,2-6H2,1H3;3-4H2,1-2H3;1-2H3. The maximum Gasteiger partial charge on any atom is -0.0417 e. The molecule has 0 unspecified atom stereocenters. The normalized spacial score (nSPS) is 15.5. The highest BCUT2D eigenvalue weighted by molar-refractivity contribution is 4.64. The first-order valence-corrected chi connectivity index (χ1v) is 6.35. The van der Waals surface area contributed by atoms with E-state index in [1.165, 1.54) is 44.9 Å². The molecule has 0 aliphatic heterocycles. The molecule has 0 amide bonds. The summed E-state index contributed by atoms with van der Waals surface area (Å²) in [6, 6.07) is 0. The van der Waals surface area contributed by atoms with Gasteiger partial charge in [-0.1, -0.05) is 79.6 Å². The first-order chi connectivity index (χ1) is 6.35. The van der Waals surface area contributed by atoms with Crippen LogP contribution in [0.5, 0.6) is 0 Å². The lowest BCUT2D eigenvalue weighted by Gasteiger charge is -1.99. The molecule has 0 spiro atoms. The SMILES string of the molecule is CC.CCC1CCCC1.CCCC. The Balaban J connectivity index is 0. The van der Waals surface area contributed by atoms with Gasteiger partial charge in [-0.15, -0.1) is 0 Å². The zero-order valence-electron chi connectivity index (χ0n) is 10.5. The van der Waals surface area contributed by atoms with E-state index >= 15 is 0 Å². The third kappa shape index (κ3) is 12.0. The van der Waals surface area contributed by atoms with E-state index in [-0.39, 0.29) is 0 Å². The van der Waals surface area contributed by atoms with Gasteiger partial charge in [0.25, 0.3) is 0 Å². The quantitative estimate of drug-likeness (QED) is 0.540. The van der Waals surface area contributed by atoms with E-state index in [4.69, 9.17) is 0 Å². The summed E-state index contributed by atoms with van der Waals surface area (Å²) >= 11 is 0. The van der Waals surface area contributed by atoms with E-state index in [1.54, 1.807) is 0 Å². The van der Waals surface area contributed by atoms with Crippen molar-refractivity contribution in [3.8, 4) is 0 Å². The molecule has 0 aromatic heterocycles. The topological polar surface area (TPSA) is 0 Å². The van der Waals surface area contributed by atoms with Crippen LogP contribution in [-0.2, 0) is 0 Å². The van der Waals surface area contributed by atoms with E-state index in [0.29, 0.717) is 0 Å². The molecular weight excluding hydrogens is 156 g/mol. The van der Waals surface area contributed by atoms with Crippen molar-refractivity contribution in [3.63, 3.8) is 0 Å². The molecule has 0 aromatic rings. The van der Waals surface area contributed by atoms with Crippen LogP contribution in [0.3, 0.4) is 0 Å². The Morgan fingerprint density at radius 3 is 1.38 bits per heavy atom. The van der Waals surface area contributed by atoms with Gasteiger partial charge in [-0.2, -0.15) is 0 Å². The van der Waals surface area contributed by atoms with E-state index in [0.717, 1.165) is 5.92 Å². The second-order valence-electron chi connectivity index (χ2n) is 3.56. The number of hydrogen-bond acceptors (Lipinski definition) is 0. The van der Waals surface area contributed by atoms with Crippen LogP contribution in [-0.4, -0.2) is 0 Å². The predicted octanol–water partition coefficient (Wildman–Crippen LogP) is 5.42. The Morgan fingerprint density at radius 1 is 0.846 bits per heavy atom. The Hall–Kier alpha value is 0. The maximum absolute atomic E-state index is 2.30. The minimum atomic E-state index is 1.10. The molecule has 0 atom stereocenters. The van der Waals surface area contributed by atoms with Crippen LogP contribution in [0.1, 0.15) is 79.6 Å². The highest BCUT2D eigenvalue weighted by Gasteiger charge is 2.11. The molecule has 0 nitrogen and oxygen atoms in total. The molecule has 1 aliphatic rings. The molecule has 1 aliphatic carbocycles. The number of hydrogen-bond donors (Lipinski definition) is 0. The van der Waals surface area contributed by atoms with Crippen LogP contribution in [0, 0.1) is 5.92 Å². The van der Waals surface area contributed by atoms with E-state index in [2.05, 4.69) is 20.8 Å². The monoisotopic (exact) mass is 186 g/mol. The van der Waals surface area contributed by atoms with Crippen LogP contribution >= 0.6 is 0 Å². The summed E-state index contributed by atoms with van der Waals surface area (Å²) in [5, 5.41) is 0. The molecule has 0 bridgehead atoms. The van der Waals surface area contributed by atoms with Crippen molar-refractivity contribution in [2.24, 2.45) is 5.92 Å². The van der Waals surface area contributed by atoms with Crippen molar-refractivity contribution >= 4 is 0 Å². The van der Waals surface area contributed by atoms with E-state index in [1.807, 2.05) is 13.8 Å². The lowest BCUT2D eigenvalue weighted by atomic mass is 10.1. The summed E-state index contributed by atoms with van der Waals surface area (Å²) in [4.78, 5) is 0. The van der Waals surface area contributed by atoms with Crippen molar-refractivity contribution in [1.82, 2.24) is 0 Å². The average Bonchev–Trinajstić information content (AvgIpc) is 2.74. The maximum atomic E-state index is 2.30. The second kappa shape index (κ2) is 14.5. The molecule has 1 rings (SSSR count). The first-order valence-electron chi connectivity index (χ1n) is 6.35. The molecule has 0 heteroatoms. The van der Waals surface area contributed by atoms with Gasteiger partial charge >= 0.3 is 0 Å². The summed E-state index contributed by atoms with van der Waals surface area (Å²) < 4.78 is 0. The Labute approximate surface area is 86.1 Å². The molecule has 0 saturated heterocycles. The Kier molecular flexibility index (Phi) is 17.3. The van der Waals surface area contributed by atoms with Gasteiger partial charge in [0.15, 0.2) is 0 Å². The summed E-state index contributed by atoms with van der Waals surface area (Å²) in [5.41, 5.74) is 0. The lowest BCUT2D eigenvalue weighted by Crippen LogP contribution is -1.86. The predicted molar refractivity (Wildman–Crippen MR) is 64.2 cm³/mol. The summed E-state index contributed by atoms with van der Waals surface area (Å²) in [6.07, 6.45) is 10.1. The molecule has 1 saturated carbocycles. The third-order valence-corrected chi connectivity index (χ3v) is 2.55. The number of rotatable bonds is 2. The minimum absolute atomic E-state index is 1.10. The first kappa shape index (κ1) is 15.5. The highest BCUT2D eigenvalue weighted by atomic mass is 14.2. The fraction of sp³-hybridized carbons (Fsp3) is 1.00. The fourth-order valence-corrected chi connectivity index (χ4v) is 1.42. The van der Waals surface area contributed by atoms with Gasteiger partial charge in [-0.3, -0.25) is 0 Å². The van der Waals surface area contributed by atoms with Gasteiger partial charge < -0.3 is 0 Å². The van der Waals surface area contributed by atoms with E-state index < -0.39 is 0 Å². The molecule has 82 valence electrons. The highest BCUT2D eigenvalue weighted by Crippen LogP contribution is 2.26. The van der Waals surface area contributed by atoms with Gasteiger partial charge in [0.1, 0.15) is 0 Å². The largest absolute Gasteiger partial charge is 0.0683 e. The van der Waals surface area contributed by atoms with Crippen LogP contribution in [0.15, 0.2) is 0 Å². The van der Waals surface area contributed by atoms with Gasteiger partial charge in [0.2, 0.25) is 0 Å². The van der Waals surface area contributed by atoms with Crippen LogP contribution < -0.4 is 0 Å². The Morgan fingerprint density at radius 2 is 1.23 bits per heavy atom. The fourth-order valence-electron chi connectivity index (χ4n) is 1.42. The second-order valence-corrected chi connectivity index (χ2v) is 3.56. The van der Waals surface area contributed by atoms with Gasteiger partial charge in [0.05, 0.1) is 0 Å². The Bertz CT molecular complexity index is 58.4. The smallest absolute Gasteiger partial charge is 0.0417 e. The van der Waals surface area contributed by atoms with Crippen molar-refractivity contribution < 1.29 is 0 Å². The van der Waals surface area contributed by atoms with Crippen molar-refractivity contribution in [1.29, 1.82) is 0 Å². The number of unbranched alkanes of at least 4 members (excludes halogenated alkanes) is 1.